The number of amides is 5. The quantitative estimate of drug-likeness (QED) is 0.402. The molecule has 4 aliphatic rings. The molecule has 3 saturated heterocycles. The van der Waals surface area contributed by atoms with Crippen LogP contribution in [0.25, 0.3) is 0 Å². The van der Waals surface area contributed by atoms with Crippen molar-refractivity contribution in [3.8, 4) is 5.75 Å². The summed E-state index contributed by atoms with van der Waals surface area (Å²) in [6.45, 7) is 6.01. The molecule has 0 bridgehead atoms. The van der Waals surface area contributed by atoms with E-state index in [1.807, 2.05) is 34.1 Å². The zero-order valence-electron chi connectivity index (χ0n) is 25.9. The molecule has 4 heterocycles. The summed E-state index contributed by atoms with van der Waals surface area (Å²) < 4.78 is 6.56. The van der Waals surface area contributed by atoms with Crippen molar-refractivity contribution in [1.29, 1.82) is 0 Å². The number of phenols is 1. The van der Waals surface area contributed by atoms with E-state index in [1.165, 1.54) is 0 Å². The molecule has 0 saturated carbocycles. The first-order valence-electron chi connectivity index (χ1n) is 16.2. The smallest absolute Gasteiger partial charge is 0.322 e. The number of carbonyl (C=O) groups is 3. The minimum Gasteiger partial charge on any atom is -0.506 e. The maximum absolute atomic E-state index is 14.0. The maximum atomic E-state index is 14.0. The van der Waals surface area contributed by atoms with Crippen molar-refractivity contribution in [1.82, 2.24) is 24.9 Å². The molecule has 0 radical (unpaired) electrons. The molecule has 6 rings (SSSR count). The molecule has 4 aliphatic heterocycles. The number of phenolic OH excluding ortho intramolecular Hbond substituents is 1. The second-order valence-electron chi connectivity index (χ2n) is 12.6. The molecule has 0 aromatic heterocycles. The largest absolute Gasteiger partial charge is 0.506 e. The maximum Gasteiger partial charge on any atom is 0.322 e. The Morgan fingerprint density at radius 2 is 1.59 bits per heavy atom. The van der Waals surface area contributed by atoms with Crippen molar-refractivity contribution in [2.24, 2.45) is 0 Å². The molecule has 3 N–H and O–H groups in total. The minimum atomic E-state index is -0.766. The Morgan fingerprint density at radius 3 is 2.28 bits per heavy atom. The number of carbonyl (C=O) groups excluding carboxylic acids is 3. The highest BCUT2D eigenvalue weighted by Crippen LogP contribution is 2.34. The molecule has 2 aromatic carbocycles. The summed E-state index contributed by atoms with van der Waals surface area (Å²) in [6, 6.07) is 10.9. The van der Waals surface area contributed by atoms with Gasteiger partial charge in [0, 0.05) is 83.2 Å². The molecule has 0 spiro atoms. The summed E-state index contributed by atoms with van der Waals surface area (Å²) in [4.78, 5) is 48.7. The van der Waals surface area contributed by atoms with Gasteiger partial charge in [0.1, 0.15) is 11.8 Å². The first-order chi connectivity index (χ1) is 22.3. The molecular formula is C33H42Br2N6O5. The third kappa shape index (κ3) is 7.64. The molecule has 0 aliphatic carbocycles. The van der Waals surface area contributed by atoms with Crippen LogP contribution in [0.5, 0.6) is 5.75 Å². The summed E-state index contributed by atoms with van der Waals surface area (Å²) >= 11 is 6.79. The van der Waals surface area contributed by atoms with Gasteiger partial charge in [0.2, 0.25) is 5.91 Å². The number of anilines is 1. The number of para-hydroxylation sites is 1. The molecule has 13 heteroatoms. The van der Waals surface area contributed by atoms with Crippen LogP contribution in [0.4, 0.5) is 15.3 Å². The summed E-state index contributed by atoms with van der Waals surface area (Å²) in [7, 11) is 0. The second-order valence-corrected chi connectivity index (χ2v) is 14.3. The van der Waals surface area contributed by atoms with E-state index in [-0.39, 0.29) is 36.2 Å². The van der Waals surface area contributed by atoms with Crippen LogP contribution in [0, 0.1) is 0 Å². The Bertz CT molecular complexity index is 1400. The average Bonchev–Trinajstić information content (AvgIpc) is 3.25. The molecule has 5 amide bonds. The van der Waals surface area contributed by atoms with Gasteiger partial charge >= 0.3 is 12.1 Å². The first kappa shape index (κ1) is 33.0. The number of urea groups is 2. The van der Waals surface area contributed by atoms with E-state index in [4.69, 9.17) is 4.74 Å². The second kappa shape index (κ2) is 14.9. The Hall–Kier alpha value is -2.87. The van der Waals surface area contributed by atoms with Crippen LogP contribution in [0.2, 0.25) is 0 Å². The van der Waals surface area contributed by atoms with E-state index in [2.05, 4.69) is 47.4 Å². The fraction of sp³-hybridized carbons (Fsp3) is 0.545. The number of likely N-dealkylation sites (tertiary alicyclic amines) is 1. The molecule has 248 valence electrons. The number of fused-ring (bicyclic) bond motifs is 1. The van der Waals surface area contributed by atoms with Crippen LogP contribution in [0.1, 0.15) is 36.8 Å². The zero-order chi connectivity index (χ0) is 32.2. The molecule has 0 unspecified atom stereocenters. The number of benzene rings is 2. The third-order valence-electron chi connectivity index (χ3n) is 9.78. The normalized spacial score (nSPS) is 20.9. The standard InChI is InChI=1S/C33H42Br2N6O5/c34-26-19-22(20-27(35)30(26)42)21-29(31(43)39-15-13-38(14-16-39)24-8-17-46-18-9-24)37-32(44)40-10-6-25(7-11-40)41-12-5-23-3-1-2-4-28(23)36-33(41)45/h1-4,19-20,24-25,29,42H,5-18,21H2,(H,36,45)(H,37,44)/t29-/m1/s1. The van der Waals surface area contributed by atoms with Gasteiger partial charge in [-0.15, -0.1) is 0 Å². The SMILES string of the molecule is O=C(N[C@H](Cc1cc(Br)c(O)c(Br)c1)C(=O)N1CCN(C2CCOCC2)CC1)N1CCC(N2CCc3ccccc3NC2=O)CC1. The number of nitrogens with zero attached hydrogens (tertiary/aromatic N) is 4. The van der Waals surface area contributed by atoms with Crippen molar-refractivity contribution in [2.45, 2.75) is 56.7 Å². The molecule has 1 atom stereocenters. The van der Waals surface area contributed by atoms with E-state index in [1.54, 1.807) is 17.0 Å². The van der Waals surface area contributed by atoms with Gasteiger partial charge in [0.15, 0.2) is 0 Å². The Morgan fingerprint density at radius 1 is 0.913 bits per heavy atom. The first-order valence-corrected chi connectivity index (χ1v) is 17.8. The van der Waals surface area contributed by atoms with E-state index in [0.29, 0.717) is 60.6 Å². The lowest BCUT2D eigenvalue weighted by molar-refractivity contribution is -0.135. The van der Waals surface area contributed by atoms with Crippen LogP contribution < -0.4 is 10.6 Å². The number of ether oxygens (including phenoxy) is 1. The van der Waals surface area contributed by atoms with E-state index >= 15 is 0 Å². The number of aromatic hydroxyl groups is 1. The molecular weight excluding hydrogens is 720 g/mol. The van der Waals surface area contributed by atoms with Crippen molar-refractivity contribution in [3.05, 3.63) is 56.5 Å². The fourth-order valence-electron chi connectivity index (χ4n) is 7.11. The summed E-state index contributed by atoms with van der Waals surface area (Å²) in [5, 5.41) is 16.3. The lowest BCUT2D eigenvalue weighted by Gasteiger charge is -2.42. The molecule has 46 heavy (non-hydrogen) atoms. The molecule has 3 fully saturated rings. The molecule has 2 aromatic rings. The number of hydrogen-bond acceptors (Lipinski definition) is 6. The van der Waals surface area contributed by atoms with Crippen molar-refractivity contribution >= 4 is 55.5 Å². The monoisotopic (exact) mass is 760 g/mol. The lowest BCUT2D eigenvalue weighted by atomic mass is 10.0. The van der Waals surface area contributed by atoms with Gasteiger partial charge in [-0.2, -0.15) is 0 Å². The number of nitrogens with one attached hydrogen (secondary N) is 2. The van der Waals surface area contributed by atoms with Gasteiger partial charge in [-0.05, 0) is 93.3 Å². The Labute approximate surface area is 286 Å². The van der Waals surface area contributed by atoms with Crippen LogP contribution in [-0.2, 0) is 22.4 Å². The summed E-state index contributed by atoms with van der Waals surface area (Å²) in [6.07, 6.45) is 4.44. The number of piperidine rings is 1. The Kier molecular flexibility index (Phi) is 10.7. The predicted octanol–water partition coefficient (Wildman–Crippen LogP) is 4.42. The van der Waals surface area contributed by atoms with Gasteiger partial charge in [-0.3, -0.25) is 9.69 Å². The van der Waals surface area contributed by atoms with Gasteiger partial charge in [-0.1, -0.05) is 18.2 Å². The van der Waals surface area contributed by atoms with Crippen LogP contribution in [0.15, 0.2) is 45.3 Å². The van der Waals surface area contributed by atoms with Crippen molar-refractivity contribution in [3.63, 3.8) is 0 Å². The van der Waals surface area contributed by atoms with Crippen molar-refractivity contribution in [2.75, 3.05) is 64.3 Å². The lowest BCUT2D eigenvalue weighted by Crippen LogP contribution is -2.59. The zero-order valence-corrected chi connectivity index (χ0v) is 29.1. The van der Waals surface area contributed by atoms with E-state index in [0.717, 1.165) is 62.4 Å². The van der Waals surface area contributed by atoms with Gasteiger partial charge in [0.05, 0.1) is 8.95 Å². The highest BCUT2D eigenvalue weighted by Gasteiger charge is 2.35. The molecule has 11 nitrogen and oxygen atoms in total. The van der Waals surface area contributed by atoms with Crippen LogP contribution in [-0.4, -0.2) is 120 Å². The van der Waals surface area contributed by atoms with Gasteiger partial charge in [-0.25, -0.2) is 9.59 Å². The van der Waals surface area contributed by atoms with E-state index < -0.39 is 6.04 Å². The highest BCUT2D eigenvalue weighted by atomic mass is 79.9. The summed E-state index contributed by atoms with van der Waals surface area (Å²) in [5.41, 5.74) is 2.80. The summed E-state index contributed by atoms with van der Waals surface area (Å²) in [5.74, 6) is -0.0132. The van der Waals surface area contributed by atoms with Crippen molar-refractivity contribution < 1.29 is 24.2 Å². The average molecular weight is 763 g/mol. The minimum absolute atomic E-state index is 0.0366. The number of hydrogen-bond donors (Lipinski definition) is 3. The van der Waals surface area contributed by atoms with E-state index in [9.17, 15) is 19.5 Å². The number of piperazine rings is 1. The van der Waals surface area contributed by atoms with Gasteiger partial charge in [0.25, 0.3) is 0 Å². The van der Waals surface area contributed by atoms with Crippen LogP contribution in [0.3, 0.4) is 0 Å². The third-order valence-corrected chi connectivity index (χ3v) is 11.0. The van der Waals surface area contributed by atoms with Gasteiger partial charge < -0.3 is 35.2 Å². The predicted molar refractivity (Wildman–Crippen MR) is 182 cm³/mol. The number of rotatable bonds is 6. The topological polar surface area (TPSA) is 118 Å². The highest BCUT2D eigenvalue weighted by molar-refractivity contribution is 9.11. The number of halogens is 2. The fourth-order valence-corrected chi connectivity index (χ4v) is 8.39. The Balaban J connectivity index is 1.09. The van der Waals surface area contributed by atoms with Crippen LogP contribution >= 0.6 is 31.9 Å².